The van der Waals surface area contributed by atoms with E-state index in [0.29, 0.717) is 23.7 Å². The molecule has 1 saturated heterocycles. The van der Waals surface area contributed by atoms with Crippen molar-refractivity contribution in [3.05, 3.63) is 47.8 Å². The number of nitrogens with zero attached hydrogens (tertiary/aromatic N) is 4. The van der Waals surface area contributed by atoms with E-state index in [1.54, 1.807) is 18.3 Å². The van der Waals surface area contributed by atoms with Crippen LogP contribution in [0.25, 0.3) is 0 Å². The normalized spacial score (nSPS) is 17.8. The maximum atomic E-state index is 12.6. The smallest absolute Gasteiger partial charge is 0.364 e. The predicted octanol–water partition coefficient (Wildman–Crippen LogP) is 3.45. The maximum absolute atomic E-state index is 12.6. The Bertz CT molecular complexity index is 767. The largest absolute Gasteiger partial charge is 0.417 e. The molecule has 1 aliphatic heterocycles. The lowest BCUT2D eigenvalue weighted by Gasteiger charge is -2.34. The molecule has 5 nitrogen and oxygen atoms in total. The van der Waals surface area contributed by atoms with Crippen LogP contribution in [-0.2, 0) is 6.18 Å². The van der Waals surface area contributed by atoms with Crippen molar-refractivity contribution in [1.29, 1.82) is 5.26 Å². The van der Waals surface area contributed by atoms with Crippen molar-refractivity contribution in [2.24, 2.45) is 0 Å². The molecule has 3 heterocycles. The number of piperidine rings is 1. The minimum atomic E-state index is -4.38. The zero-order valence-corrected chi connectivity index (χ0v) is 13.3. The van der Waals surface area contributed by atoms with Crippen molar-refractivity contribution in [3.63, 3.8) is 0 Å². The first kappa shape index (κ1) is 17.0. The molecule has 25 heavy (non-hydrogen) atoms. The lowest BCUT2D eigenvalue weighted by Crippen LogP contribution is -2.42. The Balaban J connectivity index is 1.70. The van der Waals surface area contributed by atoms with E-state index in [-0.39, 0.29) is 6.04 Å². The van der Waals surface area contributed by atoms with Gasteiger partial charge < -0.3 is 10.2 Å². The van der Waals surface area contributed by atoms with Crippen LogP contribution in [0.5, 0.6) is 0 Å². The fourth-order valence-corrected chi connectivity index (χ4v) is 2.85. The van der Waals surface area contributed by atoms with Gasteiger partial charge >= 0.3 is 6.18 Å². The summed E-state index contributed by atoms with van der Waals surface area (Å²) in [5.74, 6) is 1.04. The van der Waals surface area contributed by atoms with E-state index in [0.717, 1.165) is 31.6 Å². The first-order chi connectivity index (χ1) is 12.0. The molecule has 130 valence electrons. The second-order valence-electron chi connectivity index (χ2n) is 5.84. The molecule has 0 spiro atoms. The maximum Gasteiger partial charge on any atom is 0.417 e. The number of rotatable bonds is 3. The van der Waals surface area contributed by atoms with Gasteiger partial charge in [0.15, 0.2) is 0 Å². The molecule has 1 fully saturated rings. The highest BCUT2D eigenvalue weighted by Gasteiger charge is 2.31. The van der Waals surface area contributed by atoms with Crippen LogP contribution in [0.2, 0.25) is 0 Å². The number of nitrogens with one attached hydrogen (secondary N) is 1. The molecule has 0 radical (unpaired) electrons. The van der Waals surface area contributed by atoms with Gasteiger partial charge in [-0.05, 0) is 37.1 Å². The van der Waals surface area contributed by atoms with Crippen molar-refractivity contribution in [3.8, 4) is 6.07 Å². The number of hydrogen-bond acceptors (Lipinski definition) is 5. The third-order valence-electron chi connectivity index (χ3n) is 4.09. The van der Waals surface area contributed by atoms with Crippen molar-refractivity contribution >= 4 is 11.6 Å². The lowest BCUT2D eigenvalue weighted by atomic mass is 10.1. The number of alkyl halides is 3. The quantitative estimate of drug-likeness (QED) is 0.921. The van der Waals surface area contributed by atoms with Gasteiger partial charge in [-0.2, -0.15) is 18.4 Å². The van der Waals surface area contributed by atoms with E-state index in [2.05, 4.69) is 21.4 Å². The highest BCUT2D eigenvalue weighted by molar-refractivity contribution is 5.52. The van der Waals surface area contributed by atoms with Crippen molar-refractivity contribution < 1.29 is 13.2 Å². The van der Waals surface area contributed by atoms with Gasteiger partial charge in [-0.3, -0.25) is 0 Å². The van der Waals surface area contributed by atoms with E-state index >= 15 is 0 Å². The fraction of sp³-hybridized carbons (Fsp3) is 0.353. The highest BCUT2D eigenvalue weighted by atomic mass is 19.4. The fourth-order valence-electron chi connectivity index (χ4n) is 2.85. The molecular formula is C17H16F3N5. The summed E-state index contributed by atoms with van der Waals surface area (Å²) in [5.41, 5.74) is -0.289. The monoisotopic (exact) mass is 347 g/mol. The van der Waals surface area contributed by atoms with Gasteiger partial charge in [0.25, 0.3) is 0 Å². The Hall–Kier alpha value is -2.82. The van der Waals surface area contributed by atoms with Crippen molar-refractivity contribution in [2.45, 2.75) is 25.1 Å². The third-order valence-corrected chi connectivity index (χ3v) is 4.09. The van der Waals surface area contributed by atoms with E-state index in [1.807, 2.05) is 4.90 Å². The van der Waals surface area contributed by atoms with Gasteiger partial charge in [0.05, 0.1) is 11.1 Å². The molecule has 0 amide bonds. The number of nitriles is 1. The van der Waals surface area contributed by atoms with E-state index in [9.17, 15) is 13.2 Å². The first-order valence-electron chi connectivity index (χ1n) is 7.87. The minimum absolute atomic E-state index is 0.0415. The molecule has 0 bridgehead atoms. The van der Waals surface area contributed by atoms with Crippen LogP contribution >= 0.6 is 0 Å². The van der Waals surface area contributed by atoms with Gasteiger partial charge in [-0.15, -0.1) is 0 Å². The standard InChI is InChI=1S/C17H16F3N5/c18-17(19,20)13-5-6-15(23-10-13)25-8-2-4-14(11-25)24-16-12(9-21)3-1-7-22-16/h1,3,5-7,10,14H,2,4,8,11H2,(H,22,24)/t14-/m1/s1. The molecule has 0 unspecified atom stereocenters. The first-order valence-corrected chi connectivity index (χ1v) is 7.87. The van der Waals surface area contributed by atoms with Gasteiger partial charge in [-0.1, -0.05) is 0 Å². The summed E-state index contributed by atoms with van der Waals surface area (Å²) in [5, 5.41) is 12.4. The summed E-state index contributed by atoms with van der Waals surface area (Å²) >= 11 is 0. The average molecular weight is 347 g/mol. The molecule has 1 N–H and O–H groups in total. The topological polar surface area (TPSA) is 64.8 Å². The number of aromatic nitrogens is 2. The van der Waals surface area contributed by atoms with Crippen LogP contribution in [0.4, 0.5) is 24.8 Å². The summed E-state index contributed by atoms with van der Waals surface area (Å²) in [6.07, 6.45) is -0.155. The summed E-state index contributed by atoms with van der Waals surface area (Å²) in [6.45, 7) is 1.31. The minimum Gasteiger partial charge on any atom is -0.364 e. The Morgan fingerprint density at radius 2 is 2.08 bits per heavy atom. The second-order valence-corrected chi connectivity index (χ2v) is 5.84. The molecule has 0 saturated carbocycles. The number of anilines is 2. The molecule has 0 aliphatic carbocycles. The van der Waals surface area contributed by atoms with Crippen LogP contribution in [-0.4, -0.2) is 29.1 Å². The molecule has 3 rings (SSSR count). The lowest BCUT2D eigenvalue weighted by molar-refractivity contribution is -0.137. The summed E-state index contributed by atoms with van der Waals surface area (Å²) in [4.78, 5) is 10.1. The Kier molecular flexibility index (Phi) is 4.74. The van der Waals surface area contributed by atoms with Gasteiger partial charge in [0.1, 0.15) is 17.7 Å². The number of halogens is 3. The van der Waals surface area contributed by atoms with Gasteiger partial charge in [0.2, 0.25) is 0 Å². The number of hydrogen-bond donors (Lipinski definition) is 1. The number of pyridine rings is 2. The van der Waals surface area contributed by atoms with Crippen LogP contribution in [0.3, 0.4) is 0 Å². The second kappa shape index (κ2) is 6.97. The van der Waals surface area contributed by atoms with Crippen LogP contribution in [0.15, 0.2) is 36.7 Å². The van der Waals surface area contributed by atoms with E-state index in [1.165, 1.54) is 6.07 Å². The van der Waals surface area contributed by atoms with Gasteiger partial charge in [-0.25, -0.2) is 9.97 Å². The Morgan fingerprint density at radius 1 is 1.24 bits per heavy atom. The average Bonchev–Trinajstić information content (AvgIpc) is 2.62. The highest BCUT2D eigenvalue weighted by Crippen LogP contribution is 2.30. The summed E-state index contributed by atoms with van der Waals surface area (Å²) in [7, 11) is 0. The molecule has 2 aromatic heterocycles. The van der Waals surface area contributed by atoms with Crippen LogP contribution in [0, 0.1) is 11.3 Å². The van der Waals surface area contributed by atoms with E-state index < -0.39 is 11.7 Å². The van der Waals surface area contributed by atoms with Crippen LogP contribution < -0.4 is 10.2 Å². The van der Waals surface area contributed by atoms with Crippen molar-refractivity contribution in [2.75, 3.05) is 23.3 Å². The zero-order valence-electron chi connectivity index (χ0n) is 13.3. The zero-order chi connectivity index (χ0) is 17.9. The molecule has 8 heteroatoms. The molecule has 2 aromatic rings. The summed E-state index contributed by atoms with van der Waals surface area (Å²) < 4.78 is 37.9. The Labute approximate surface area is 143 Å². The van der Waals surface area contributed by atoms with Crippen molar-refractivity contribution in [1.82, 2.24) is 9.97 Å². The summed E-state index contributed by atoms with van der Waals surface area (Å²) in [6, 6.07) is 7.96. The molecule has 1 aliphatic rings. The predicted molar refractivity (Wildman–Crippen MR) is 87.0 cm³/mol. The SMILES string of the molecule is N#Cc1cccnc1N[C@@H]1CCCN(c2ccc(C(F)(F)F)cn2)C1. The molecular weight excluding hydrogens is 331 g/mol. The van der Waals surface area contributed by atoms with Gasteiger partial charge in [0, 0.05) is 31.5 Å². The Morgan fingerprint density at radius 3 is 2.76 bits per heavy atom. The van der Waals surface area contributed by atoms with E-state index in [4.69, 9.17) is 5.26 Å². The third kappa shape index (κ3) is 3.99. The molecule has 0 aromatic carbocycles. The van der Waals surface area contributed by atoms with Crippen LogP contribution in [0.1, 0.15) is 24.0 Å². The molecule has 1 atom stereocenters.